The van der Waals surface area contributed by atoms with Crippen LogP contribution in [0.15, 0.2) is 36.5 Å². The Bertz CT molecular complexity index is 503. The molecule has 3 heteroatoms. The number of fused-ring (bicyclic) bond motifs is 1. The van der Waals surface area contributed by atoms with Crippen LogP contribution < -0.4 is 5.32 Å². The second-order valence-electron chi connectivity index (χ2n) is 3.58. The summed E-state index contributed by atoms with van der Waals surface area (Å²) in [4.78, 5) is 16.2. The van der Waals surface area contributed by atoms with Gasteiger partial charge in [0.05, 0.1) is 12.1 Å². The number of aromatic nitrogens is 1. The van der Waals surface area contributed by atoms with Crippen molar-refractivity contribution < 1.29 is 4.79 Å². The maximum absolute atomic E-state index is 11.9. The molecule has 16 heavy (non-hydrogen) atoms. The predicted octanol–water partition coefficient (Wildman–Crippen LogP) is 2.03. The van der Waals surface area contributed by atoms with Crippen LogP contribution in [-0.2, 0) is 0 Å². The third-order valence-electron chi connectivity index (χ3n) is 2.48. The van der Waals surface area contributed by atoms with Crippen LogP contribution in [0.1, 0.15) is 17.3 Å². The van der Waals surface area contributed by atoms with Crippen molar-refractivity contribution in [3.63, 3.8) is 0 Å². The highest BCUT2D eigenvalue weighted by atomic mass is 16.1. The number of rotatable bonds is 4. The first kappa shape index (κ1) is 10.8. The van der Waals surface area contributed by atoms with Crippen molar-refractivity contribution in [3.05, 3.63) is 42.1 Å². The maximum Gasteiger partial charge on any atom is 0.177 e. The molecule has 2 aromatic rings. The van der Waals surface area contributed by atoms with Crippen LogP contribution in [0.5, 0.6) is 0 Å². The van der Waals surface area contributed by atoms with Crippen LogP contribution in [0.2, 0.25) is 0 Å². The third-order valence-corrected chi connectivity index (χ3v) is 2.48. The molecule has 1 aromatic carbocycles. The van der Waals surface area contributed by atoms with E-state index in [1.165, 1.54) is 0 Å². The van der Waals surface area contributed by atoms with E-state index < -0.39 is 0 Å². The lowest BCUT2D eigenvalue weighted by molar-refractivity contribution is 0.0993. The van der Waals surface area contributed by atoms with Crippen molar-refractivity contribution in [3.8, 4) is 0 Å². The molecular formula is C13H14N2O. The highest BCUT2D eigenvalue weighted by Crippen LogP contribution is 2.16. The molecule has 0 aliphatic carbocycles. The van der Waals surface area contributed by atoms with E-state index in [0.29, 0.717) is 6.54 Å². The number of pyridine rings is 1. The van der Waals surface area contributed by atoms with Crippen molar-refractivity contribution in [2.24, 2.45) is 0 Å². The number of likely N-dealkylation sites (N-methyl/N-ethyl adjacent to an activating group) is 1. The van der Waals surface area contributed by atoms with E-state index in [9.17, 15) is 4.79 Å². The summed E-state index contributed by atoms with van der Waals surface area (Å²) in [5.41, 5.74) is 1.61. The fourth-order valence-corrected chi connectivity index (χ4v) is 1.68. The average Bonchev–Trinajstić information content (AvgIpc) is 2.35. The van der Waals surface area contributed by atoms with Gasteiger partial charge >= 0.3 is 0 Å². The molecule has 0 amide bonds. The molecule has 1 N–H and O–H groups in total. The van der Waals surface area contributed by atoms with Crippen molar-refractivity contribution in [2.45, 2.75) is 6.92 Å². The zero-order valence-electron chi connectivity index (χ0n) is 9.23. The van der Waals surface area contributed by atoms with Crippen LogP contribution in [0, 0.1) is 0 Å². The van der Waals surface area contributed by atoms with Gasteiger partial charge in [-0.3, -0.25) is 9.78 Å². The van der Waals surface area contributed by atoms with E-state index >= 15 is 0 Å². The summed E-state index contributed by atoms with van der Waals surface area (Å²) >= 11 is 0. The topological polar surface area (TPSA) is 42.0 Å². The van der Waals surface area contributed by atoms with Crippen LogP contribution in [-0.4, -0.2) is 23.9 Å². The molecule has 0 aliphatic rings. The Balaban J connectivity index is 2.40. The number of Topliss-reactive ketones (excluding diaryl/α,β-unsaturated/α-hetero) is 1. The number of benzene rings is 1. The predicted molar refractivity (Wildman–Crippen MR) is 64.6 cm³/mol. The Morgan fingerprint density at radius 1 is 1.31 bits per heavy atom. The summed E-state index contributed by atoms with van der Waals surface area (Å²) < 4.78 is 0. The number of ketones is 1. The molecule has 0 fully saturated rings. The zero-order chi connectivity index (χ0) is 11.4. The molecule has 0 saturated carbocycles. The van der Waals surface area contributed by atoms with Gasteiger partial charge in [-0.2, -0.15) is 0 Å². The molecular weight excluding hydrogens is 200 g/mol. The molecule has 2 rings (SSSR count). The number of hydrogen-bond acceptors (Lipinski definition) is 3. The minimum absolute atomic E-state index is 0.112. The Labute approximate surface area is 94.5 Å². The first-order valence-electron chi connectivity index (χ1n) is 5.40. The maximum atomic E-state index is 11.9. The standard InChI is InChI=1S/C13H14N2O/c1-2-14-9-13(16)11-5-3-7-12-10(11)6-4-8-15-12/h3-8,14H,2,9H2,1H3. The Hall–Kier alpha value is -1.74. The van der Waals surface area contributed by atoms with Gasteiger partial charge in [-0.25, -0.2) is 0 Å². The van der Waals surface area contributed by atoms with Crippen LogP contribution >= 0.6 is 0 Å². The average molecular weight is 214 g/mol. The van der Waals surface area contributed by atoms with Gasteiger partial charge in [0.25, 0.3) is 0 Å². The Morgan fingerprint density at radius 2 is 2.19 bits per heavy atom. The molecule has 0 saturated heterocycles. The van der Waals surface area contributed by atoms with E-state index in [0.717, 1.165) is 23.0 Å². The molecule has 0 radical (unpaired) electrons. The number of nitrogens with one attached hydrogen (secondary N) is 1. The summed E-state index contributed by atoms with van der Waals surface area (Å²) in [6.07, 6.45) is 1.74. The molecule has 0 aliphatic heterocycles. The van der Waals surface area contributed by atoms with Gasteiger partial charge < -0.3 is 5.32 Å². The monoisotopic (exact) mass is 214 g/mol. The van der Waals surface area contributed by atoms with Gasteiger partial charge in [0.1, 0.15) is 0 Å². The van der Waals surface area contributed by atoms with Crippen molar-refractivity contribution in [1.82, 2.24) is 10.3 Å². The lowest BCUT2D eigenvalue weighted by Gasteiger charge is -2.05. The Kier molecular flexibility index (Phi) is 3.27. The Morgan fingerprint density at radius 3 is 3.00 bits per heavy atom. The summed E-state index contributed by atoms with van der Waals surface area (Å²) in [5.74, 6) is 0.112. The van der Waals surface area contributed by atoms with E-state index in [1.807, 2.05) is 37.3 Å². The number of hydrogen-bond donors (Lipinski definition) is 1. The van der Waals surface area contributed by atoms with E-state index in [-0.39, 0.29) is 5.78 Å². The minimum atomic E-state index is 0.112. The largest absolute Gasteiger partial charge is 0.310 e. The minimum Gasteiger partial charge on any atom is -0.310 e. The van der Waals surface area contributed by atoms with E-state index in [2.05, 4.69) is 10.3 Å². The zero-order valence-corrected chi connectivity index (χ0v) is 9.23. The van der Waals surface area contributed by atoms with Gasteiger partial charge in [0.2, 0.25) is 0 Å². The number of carbonyl (C=O) groups is 1. The van der Waals surface area contributed by atoms with Crippen molar-refractivity contribution >= 4 is 16.7 Å². The third kappa shape index (κ3) is 2.09. The lowest BCUT2D eigenvalue weighted by atomic mass is 10.0. The van der Waals surface area contributed by atoms with Gasteiger partial charge in [-0.05, 0) is 18.7 Å². The number of nitrogens with zero attached hydrogens (tertiary/aromatic N) is 1. The molecule has 1 heterocycles. The van der Waals surface area contributed by atoms with E-state index in [1.54, 1.807) is 6.20 Å². The molecule has 0 unspecified atom stereocenters. The first-order valence-corrected chi connectivity index (χ1v) is 5.40. The van der Waals surface area contributed by atoms with E-state index in [4.69, 9.17) is 0 Å². The summed E-state index contributed by atoms with van der Waals surface area (Å²) in [7, 11) is 0. The van der Waals surface area contributed by atoms with Crippen LogP contribution in [0.3, 0.4) is 0 Å². The quantitative estimate of drug-likeness (QED) is 0.792. The molecule has 0 bridgehead atoms. The summed E-state index contributed by atoms with van der Waals surface area (Å²) in [6.45, 7) is 3.16. The van der Waals surface area contributed by atoms with Crippen molar-refractivity contribution in [1.29, 1.82) is 0 Å². The SMILES string of the molecule is CCNCC(=O)c1cccc2ncccc12. The fraction of sp³-hybridized carbons (Fsp3) is 0.231. The van der Waals surface area contributed by atoms with Crippen molar-refractivity contribution in [2.75, 3.05) is 13.1 Å². The summed E-state index contributed by atoms with van der Waals surface area (Å²) in [5, 5.41) is 3.97. The first-order chi connectivity index (χ1) is 7.83. The molecule has 0 spiro atoms. The highest BCUT2D eigenvalue weighted by Gasteiger charge is 2.08. The van der Waals surface area contributed by atoms with Crippen LogP contribution in [0.25, 0.3) is 10.9 Å². The molecule has 0 atom stereocenters. The van der Waals surface area contributed by atoms with Gasteiger partial charge in [0, 0.05) is 17.1 Å². The molecule has 3 nitrogen and oxygen atoms in total. The highest BCUT2D eigenvalue weighted by molar-refractivity contribution is 6.08. The fourth-order valence-electron chi connectivity index (χ4n) is 1.68. The lowest BCUT2D eigenvalue weighted by Crippen LogP contribution is -2.22. The van der Waals surface area contributed by atoms with Crippen LogP contribution in [0.4, 0.5) is 0 Å². The summed E-state index contributed by atoms with van der Waals surface area (Å²) in [6, 6.07) is 9.42. The molecule has 1 aromatic heterocycles. The molecule has 82 valence electrons. The van der Waals surface area contributed by atoms with Gasteiger partial charge in [-0.15, -0.1) is 0 Å². The smallest absolute Gasteiger partial charge is 0.177 e. The normalized spacial score (nSPS) is 10.6. The number of carbonyl (C=O) groups excluding carboxylic acids is 1. The van der Waals surface area contributed by atoms with Gasteiger partial charge in [0.15, 0.2) is 5.78 Å². The van der Waals surface area contributed by atoms with Gasteiger partial charge in [-0.1, -0.05) is 25.1 Å². The second kappa shape index (κ2) is 4.86. The second-order valence-corrected chi connectivity index (χ2v) is 3.58.